The molecule has 3 aromatic carbocycles. The van der Waals surface area contributed by atoms with Crippen molar-refractivity contribution in [2.45, 2.75) is 11.1 Å². The largest absolute Gasteiger partial charge is 0.416 e. The number of urea groups is 1. The molecule has 3 N–H and O–H groups in total. The normalized spacial score (nSPS) is 11.6. The summed E-state index contributed by atoms with van der Waals surface area (Å²) in [6, 6.07) is 14.9. The van der Waals surface area contributed by atoms with E-state index in [1.807, 2.05) is 0 Å². The number of hydrogen-bond donors (Lipinski definition) is 3. The van der Waals surface area contributed by atoms with E-state index in [-0.39, 0.29) is 10.6 Å². The second-order valence-corrected chi connectivity index (χ2v) is 8.42. The molecule has 0 radical (unpaired) electrons. The van der Waals surface area contributed by atoms with Crippen molar-refractivity contribution >= 4 is 44.7 Å². The van der Waals surface area contributed by atoms with E-state index < -0.39 is 27.8 Å². The predicted molar refractivity (Wildman–Crippen MR) is 113 cm³/mol. The van der Waals surface area contributed by atoms with E-state index in [4.69, 9.17) is 11.6 Å². The van der Waals surface area contributed by atoms with Crippen LogP contribution in [-0.2, 0) is 16.2 Å². The minimum atomic E-state index is -4.60. The summed E-state index contributed by atoms with van der Waals surface area (Å²) in [7, 11) is -4.13. The van der Waals surface area contributed by atoms with Crippen LogP contribution in [0.1, 0.15) is 5.56 Å². The van der Waals surface area contributed by atoms with E-state index in [0.29, 0.717) is 22.5 Å². The maximum absolute atomic E-state index is 12.8. The Kier molecular flexibility index (Phi) is 6.42. The minimum Gasteiger partial charge on any atom is -0.308 e. The molecule has 0 fully saturated rings. The van der Waals surface area contributed by atoms with E-state index >= 15 is 0 Å². The summed E-state index contributed by atoms with van der Waals surface area (Å²) in [4.78, 5) is 11.9. The van der Waals surface area contributed by atoms with Crippen molar-refractivity contribution in [3.63, 3.8) is 0 Å². The second kappa shape index (κ2) is 8.86. The number of sulfonamides is 1. The molecule has 2 amide bonds. The number of alkyl halides is 3. The summed E-state index contributed by atoms with van der Waals surface area (Å²) < 4.78 is 65.5. The first kappa shape index (κ1) is 22.4. The van der Waals surface area contributed by atoms with Gasteiger partial charge < -0.3 is 10.6 Å². The van der Waals surface area contributed by atoms with Crippen LogP contribution in [0.15, 0.2) is 77.7 Å². The second-order valence-electron chi connectivity index (χ2n) is 6.30. The molecule has 162 valence electrons. The van der Waals surface area contributed by atoms with Gasteiger partial charge in [-0.15, -0.1) is 0 Å². The smallest absolute Gasteiger partial charge is 0.308 e. The van der Waals surface area contributed by atoms with Gasteiger partial charge in [0, 0.05) is 22.1 Å². The van der Waals surface area contributed by atoms with Crippen LogP contribution in [0, 0.1) is 0 Å². The molecular weight excluding hydrogens is 455 g/mol. The van der Waals surface area contributed by atoms with Crippen molar-refractivity contribution in [1.29, 1.82) is 0 Å². The summed E-state index contributed by atoms with van der Waals surface area (Å²) in [5.41, 5.74) is -0.428. The fourth-order valence-electron chi connectivity index (χ4n) is 2.55. The first-order valence-corrected chi connectivity index (χ1v) is 10.5. The number of anilines is 3. The van der Waals surface area contributed by atoms with Crippen LogP contribution in [0.2, 0.25) is 5.02 Å². The van der Waals surface area contributed by atoms with Gasteiger partial charge >= 0.3 is 12.2 Å². The average molecular weight is 470 g/mol. The zero-order valence-electron chi connectivity index (χ0n) is 15.6. The SMILES string of the molecule is O=C(Nc1ccc(S(=O)(=O)Nc2cccc(C(F)(F)F)c2)cc1)Nc1cccc(Cl)c1. The van der Waals surface area contributed by atoms with Crippen LogP contribution >= 0.6 is 11.6 Å². The average Bonchev–Trinajstić information content (AvgIpc) is 2.67. The Morgan fingerprint density at radius 3 is 2.06 bits per heavy atom. The maximum Gasteiger partial charge on any atom is 0.416 e. The highest BCUT2D eigenvalue weighted by Gasteiger charge is 2.30. The van der Waals surface area contributed by atoms with Gasteiger partial charge in [-0.1, -0.05) is 23.7 Å². The lowest BCUT2D eigenvalue weighted by Crippen LogP contribution is -2.19. The third-order valence-electron chi connectivity index (χ3n) is 3.95. The lowest BCUT2D eigenvalue weighted by Gasteiger charge is -2.12. The van der Waals surface area contributed by atoms with Crippen LogP contribution in [-0.4, -0.2) is 14.4 Å². The highest BCUT2D eigenvalue weighted by Crippen LogP contribution is 2.31. The van der Waals surface area contributed by atoms with E-state index in [0.717, 1.165) is 12.1 Å². The number of halogens is 4. The number of rotatable bonds is 5. The number of benzene rings is 3. The van der Waals surface area contributed by atoms with Gasteiger partial charge in [-0.05, 0) is 60.7 Å². The zero-order chi connectivity index (χ0) is 22.6. The molecule has 0 aromatic heterocycles. The summed E-state index contributed by atoms with van der Waals surface area (Å²) >= 11 is 5.85. The number of nitrogens with one attached hydrogen (secondary N) is 3. The molecule has 6 nitrogen and oxygen atoms in total. The monoisotopic (exact) mass is 469 g/mol. The van der Waals surface area contributed by atoms with E-state index in [9.17, 15) is 26.4 Å². The third kappa shape index (κ3) is 6.12. The number of amides is 2. The Morgan fingerprint density at radius 2 is 1.42 bits per heavy atom. The highest BCUT2D eigenvalue weighted by molar-refractivity contribution is 7.92. The fraction of sp³-hybridized carbons (Fsp3) is 0.0500. The van der Waals surface area contributed by atoms with Gasteiger partial charge in [0.15, 0.2) is 0 Å². The predicted octanol–water partition coefficient (Wildman–Crippen LogP) is 5.80. The molecule has 0 spiro atoms. The molecule has 0 saturated heterocycles. The van der Waals surface area contributed by atoms with Crippen molar-refractivity contribution in [2.24, 2.45) is 0 Å². The van der Waals surface area contributed by atoms with Gasteiger partial charge in [-0.3, -0.25) is 4.72 Å². The molecule has 11 heteroatoms. The maximum atomic E-state index is 12.8. The van der Waals surface area contributed by atoms with Crippen LogP contribution in [0.25, 0.3) is 0 Å². The minimum absolute atomic E-state index is 0.189. The molecule has 0 aliphatic carbocycles. The molecule has 3 aromatic rings. The van der Waals surface area contributed by atoms with Crippen molar-refractivity contribution < 1.29 is 26.4 Å². The van der Waals surface area contributed by atoms with Gasteiger partial charge in [0.2, 0.25) is 0 Å². The number of hydrogen-bond acceptors (Lipinski definition) is 3. The molecule has 0 saturated carbocycles. The van der Waals surface area contributed by atoms with Crippen LogP contribution in [0.3, 0.4) is 0 Å². The summed E-state index contributed by atoms with van der Waals surface area (Å²) in [6.07, 6.45) is -4.60. The van der Waals surface area contributed by atoms with Crippen molar-refractivity contribution in [3.05, 3.63) is 83.4 Å². The Balaban J connectivity index is 1.68. The third-order valence-corrected chi connectivity index (χ3v) is 5.58. The van der Waals surface area contributed by atoms with Crippen molar-refractivity contribution in [2.75, 3.05) is 15.4 Å². The molecule has 31 heavy (non-hydrogen) atoms. The van der Waals surface area contributed by atoms with E-state index in [1.54, 1.807) is 24.3 Å². The first-order valence-electron chi connectivity index (χ1n) is 8.67. The molecule has 0 heterocycles. The number of carbonyl (C=O) groups excluding carboxylic acids is 1. The van der Waals surface area contributed by atoms with E-state index in [1.165, 1.54) is 30.3 Å². The lowest BCUT2D eigenvalue weighted by molar-refractivity contribution is -0.137. The number of carbonyl (C=O) groups is 1. The topological polar surface area (TPSA) is 87.3 Å². The summed E-state index contributed by atoms with van der Waals surface area (Å²) in [5.74, 6) is 0. The van der Waals surface area contributed by atoms with Crippen LogP contribution < -0.4 is 15.4 Å². The molecular formula is C20H15ClF3N3O3S. The quantitative estimate of drug-likeness (QED) is 0.441. The molecule has 0 bridgehead atoms. The van der Waals surface area contributed by atoms with Gasteiger partial charge in [0.25, 0.3) is 10.0 Å². The van der Waals surface area contributed by atoms with Gasteiger partial charge in [0.05, 0.1) is 10.5 Å². The van der Waals surface area contributed by atoms with Gasteiger partial charge in [-0.25, -0.2) is 13.2 Å². The van der Waals surface area contributed by atoms with Gasteiger partial charge in [0.1, 0.15) is 0 Å². The Labute approximate surface area is 181 Å². The van der Waals surface area contributed by atoms with Crippen molar-refractivity contribution in [3.8, 4) is 0 Å². The highest BCUT2D eigenvalue weighted by atomic mass is 35.5. The Bertz CT molecular complexity index is 1200. The molecule has 0 unspecified atom stereocenters. The molecule has 0 atom stereocenters. The standard InChI is InChI=1S/C20H15ClF3N3O3S/c21-14-4-2-5-16(12-14)26-19(28)25-15-7-9-18(10-8-15)31(29,30)27-17-6-1-3-13(11-17)20(22,23)24/h1-12,27H,(H2,25,26,28). The van der Waals surface area contributed by atoms with Gasteiger partial charge in [-0.2, -0.15) is 13.2 Å². The Morgan fingerprint density at radius 1 is 0.806 bits per heavy atom. The van der Waals surface area contributed by atoms with Crippen molar-refractivity contribution in [1.82, 2.24) is 0 Å². The van der Waals surface area contributed by atoms with E-state index in [2.05, 4.69) is 15.4 Å². The summed E-state index contributed by atoms with van der Waals surface area (Å²) in [5, 5.41) is 5.54. The zero-order valence-corrected chi connectivity index (χ0v) is 17.1. The first-order chi connectivity index (χ1) is 14.5. The molecule has 0 aliphatic heterocycles. The lowest BCUT2D eigenvalue weighted by atomic mass is 10.2. The molecule has 0 aliphatic rings. The Hall–Kier alpha value is -3.24. The summed E-state index contributed by atoms with van der Waals surface area (Å²) in [6.45, 7) is 0. The van der Waals surface area contributed by atoms with Crippen LogP contribution in [0.4, 0.5) is 35.0 Å². The fourth-order valence-corrected chi connectivity index (χ4v) is 3.79. The molecule has 3 rings (SSSR count). The van der Waals surface area contributed by atoms with Crippen LogP contribution in [0.5, 0.6) is 0 Å².